The zero-order valence-corrected chi connectivity index (χ0v) is 18.4. The number of methoxy groups -OCH3 is 1. The van der Waals surface area contributed by atoms with E-state index in [9.17, 15) is 9.59 Å². The summed E-state index contributed by atoms with van der Waals surface area (Å²) >= 11 is 2.22. The molecule has 30 heavy (non-hydrogen) atoms. The Balaban J connectivity index is 1.76. The third-order valence-corrected chi connectivity index (χ3v) is 6.04. The molecule has 0 saturated carbocycles. The summed E-state index contributed by atoms with van der Waals surface area (Å²) in [6.45, 7) is 0. The second-order valence-corrected chi connectivity index (χ2v) is 8.03. The van der Waals surface area contributed by atoms with Crippen molar-refractivity contribution in [1.82, 2.24) is 10.3 Å². The molecule has 0 aliphatic rings. The quantitative estimate of drug-likeness (QED) is 0.244. The van der Waals surface area contributed by atoms with Crippen LogP contribution in [0.3, 0.4) is 0 Å². The Labute approximate surface area is 187 Å². The molecular weight excluding hydrogens is 491 g/mol. The van der Waals surface area contributed by atoms with Crippen LogP contribution in [0.15, 0.2) is 72.8 Å². The molecule has 4 aromatic rings. The van der Waals surface area contributed by atoms with Crippen molar-refractivity contribution in [2.45, 2.75) is 12.5 Å². The number of hydrogen-bond acceptors (Lipinski definition) is 4. The molecule has 150 valence electrons. The topological polar surface area (TPSA) is 68.3 Å². The van der Waals surface area contributed by atoms with E-state index in [1.54, 1.807) is 0 Å². The molecule has 1 heterocycles. The van der Waals surface area contributed by atoms with Crippen LogP contribution in [0.1, 0.15) is 15.9 Å². The first-order chi connectivity index (χ1) is 14.6. The summed E-state index contributed by atoms with van der Waals surface area (Å²) in [4.78, 5) is 30.6. The van der Waals surface area contributed by atoms with Crippen molar-refractivity contribution in [1.29, 1.82) is 0 Å². The van der Waals surface area contributed by atoms with E-state index in [1.807, 2.05) is 72.8 Å². The van der Waals surface area contributed by atoms with Gasteiger partial charge in [0, 0.05) is 20.8 Å². The van der Waals surface area contributed by atoms with Crippen LogP contribution in [-0.4, -0.2) is 30.0 Å². The third kappa shape index (κ3) is 4.00. The van der Waals surface area contributed by atoms with Gasteiger partial charge in [0.15, 0.2) is 0 Å². The van der Waals surface area contributed by atoms with Gasteiger partial charge in [-0.05, 0) is 46.4 Å². The zero-order chi connectivity index (χ0) is 21.1. The van der Waals surface area contributed by atoms with E-state index in [2.05, 4.69) is 32.9 Å². The number of benzene rings is 3. The Morgan fingerprint density at radius 1 is 0.933 bits per heavy atom. The summed E-state index contributed by atoms with van der Waals surface area (Å²) in [6.07, 6.45) is 0.346. The molecule has 1 atom stereocenters. The SMILES string of the molecule is COC(=O)[C@H](Cc1ccccc1I)NC(=O)c1c2ccccc2nc2ccccc12. The summed E-state index contributed by atoms with van der Waals surface area (Å²) in [5.41, 5.74) is 2.94. The molecule has 0 spiro atoms. The molecule has 1 amide bonds. The van der Waals surface area contributed by atoms with Crippen LogP contribution in [0.2, 0.25) is 0 Å². The number of ether oxygens (including phenoxy) is 1. The van der Waals surface area contributed by atoms with E-state index in [0.717, 1.165) is 30.9 Å². The van der Waals surface area contributed by atoms with Gasteiger partial charge in [-0.2, -0.15) is 0 Å². The van der Waals surface area contributed by atoms with Crippen LogP contribution in [0.25, 0.3) is 21.8 Å². The van der Waals surface area contributed by atoms with Gasteiger partial charge < -0.3 is 10.1 Å². The van der Waals surface area contributed by atoms with Crippen LogP contribution in [-0.2, 0) is 16.0 Å². The second-order valence-electron chi connectivity index (χ2n) is 6.87. The van der Waals surface area contributed by atoms with Gasteiger partial charge in [0.2, 0.25) is 0 Å². The number of rotatable bonds is 5. The minimum atomic E-state index is -0.802. The zero-order valence-electron chi connectivity index (χ0n) is 16.3. The minimum absolute atomic E-state index is 0.328. The van der Waals surface area contributed by atoms with Crippen molar-refractivity contribution in [3.63, 3.8) is 0 Å². The number of carbonyl (C=O) groups is 2. The van der Waals surface area contributed by atoms with Crippen LogP contribution >= 0.6 is 22.6 Å². The normalized spacial score (nSPS) is 11.9. The van der Waals surface area contributed by atoms with Gasteiger partial charge in [-0.1, -0.05) is 54.6 Å². The lowest BCUT2D eigenvalue weighted by Gasteiger charge is -2.19. The fraction of sp³-hybridized carbons (Fsp3) is 0.125. The first kappa shape index (κ1) is 20.3. The van der Waals surface area contributed by atoms with Gasteiger partial charge in [-0.3, -0.25) is 4.79 Å². The number of amides is 1. The average Bonchev–Trinajstić information content (AvgIpc) is 2.77. The predicted octanol–water partition coefficient (Wildman–Crippen LogP) is 4.51. The smallest absolute Gasteiger partial charge is 0.328 e. The van der Waals surface area contributed by atoms with Gasteiger partial charge in [0.1, 0.15) is 6.04 Å². The summed E-state index contributed by atoms with van der Waals surface area (Å²) in [7, 11) is 1.33. The highest BCUT2D eigenvalue weighted by molar-refractivity contribution is 14.1. The van der Waals surface area contributed by atoms with Gasteiger partial charge in [0.25, 0.3) is 5.91 Å². The van der Waals surface area contributed by atoms with Gasteiger partial charge >= 0.3 is 5.97 Å². The number of carbonyl (C=O) groups excluding carboxylic acids is 2. The van der Waals surface area contributed by atoms with Crippen molar-refractivity contribution in [2.75, 3.05) is 7.11 Å². The van der Waals surface area contributed by atoms with E-state index in [4.69, 9.17) is 4.74 Å². The van der Waals surface area contributed by atoms with Crippen LogP contribution in [0.4, 0.5) is 0 Å². The molecule has 0 fully saturated rings. The summed E-state index contributed by atoms with van der Waals surface area (Å²) in [5, 5.41) is 4.38. The lowest BCUT2D eigenvalue weighted by molar-refractivity contribution is -0.142. The fourth-order valence-electron chi connectivity index (χ4n) is 3.53. The average molecular weight is 510 g/mol. The lowest BCUT2D eigenvalue weighted by Crippen LogP contribution is -2.43. The Kier molecular flexibility index (Phi) is 5.94. The molecule has 0 unspecified atom stereocenters. The van der Waals surface area contributed by atoms with Crippen molar-refractivity contribution in [3.8, 4) is 0 Å². The molecule has 0 saturated heterocycles. The third-order valence-electron chi connectivity index (χ3n) is 4.99. The Morgan fingerprint density at radius 3 is 2.10 bits per heavy atom. The number of halogens is 1. The number of pyridine rings is 1. The molecule has 1 N–H and O–H groups in total. The highest BCUT2D eigenvalue weighted by Crippen LogP contribution is 2.26. The Hall–Kier alpha value is -3.00. The Morgan fingerprint density at radius 2 is 1.50 bits per heavy atom. The van der Waals surface area contributed by atoms with Gasteiger partial charge in [0.05, 0.1) is 23.7 Å². The maximum atomic E-state index is 13.4. The molecule has 1 aromatic heterocycles. The number of hydrogen-bond donors (Lipinski definition) is 1. The van der Waals surface area contributed by atoms with Crippen LogP contribution in [0.5, 0.6) is 0 Å². The van der Waals surface area contributed by atoms with E-state index in [1.165, 1.54) is 7.11 Å². The number of para-hydroxylation sites is 2. The van der Waals surface area contributed by atoms with Crippen molar-refractivity contribution < 1.29 is 14.3 Å². The standard InChI is InChI=1S/C24H19IN2O3/c1-30-24(29)21(14-15-8-2-5-11-18(15)25)27-23(28)22-16-9-3-6-12-19(16)26-20-13-7-4-10-17(20)22/h2-13,21H,14H2,1H3,(H,27,28)/t21-/m0/s1. The monoisotopic (exact) mass is 510 g/mol. The molecule has 0 aliphatic heterocycles. The first-order valence-corrected chi connectivity index (χ1v) is 10.6. The summed E-state index contributed by atoms with van der Waals surface area (Å²) in [6, 6.07) is 22.0. The largest absolute Gasteiger partial charge is 0.467 e. The van der Waals surface area contributed by atoms with Crippen molar-refractivity contribution in [2.24, 2.45) is 0 Å². The highest BCUT2D eigenvalue weighted by Gasteiger charge is 2.25. The van der Waals surface area contributed by atoms with E-state index in [0.29, 0.717) is 12.0 Å². The first-order valence-electron chi connectivity index (χ1n) is 9.48. The molecule has 0 bridgehead atoms. The molecule has 0 radical (unpaired) electrons. The molecule has 5 nitrogen and oxygen atoms in total. The molecule has 3 aromatic carbocycles. The fourth-order valence-corrected chi connectivity index (χ4v) is 4.14. The lowest BCUT2D eigenvalue weighted by atomic mass is 10.0. The number of esters is 1. The van der Waals surface area contributed by atoms with Gasteiger partial charge in [-0.15, -0.1) is 0 Å². The van der Waals surface area contributed by atoms with Gasteiger partial charge in [-0.25, -0.2) is 9.78 Å². The number of nitrogens with zero attached hydrogens (tertiary/aromatic N) is 1. The molecule has 6 heteroatoms. The van der Waals surface area contributed by atoms with Crippen molar-refractivity contribution >= 4 is 56.3 Å². The van der Waals surface area contributed by atoms with E-state index < -0.39 is 12.0 Å². The second kappa shape index (κ2) is 8.79. The molecule has 4 rings (SSSR count). The predicted molar refractivity (Wildman–Crippen MR) is 125 cm³/mol. The minimum Gasteiger partial charge on any atom is -0.467 e. The number of fused-ring (bicyclic) bond motifs is 2. The summed E-state index contributed by atoms with van der Waals surface area (Å²) in [5.74, 6) is -0.809. The number of nitrogens with one attached hydrogen (secondary N) is 1. The maximum absolute atomic E-state index is 13.4. The molecular formula is C24H19IN2O3. The maximum Gasteiger partial charge on any atom is 0.328 e. The molecule has 0 aliphatic carbocycles. The number of aromatic nitrogens is 1. The van der Waals surface area contributed by atoms with E-state index in [-0.39, 0.29) is 5.91 Å². The van der Waals surface area contributed by atoms with E-state index >= 15 is 0 Å². The van der Waals surface area contributed by atoms with Crippen LogP contribution < -0.4 is 5.32 Å². The van der Waals surface area contributed by atoms with Crippen molar-refractivity contribution in [3.05, 3.63) is 87.5 Å². The van der Waals surface area contributed by atoms with Crippen LogP contribution in [0, 0.1) is 3.57 Å². The Bertz CT molecular complexity index is 1200. The summed E-state index contributed by atoms with van der Waals surface area (Å²) < 4.78 is 5.99. The highest BCUT2D eigenvalue weighted by atomic mass is 127.